The van der Waals surface area contributed by atoms with Crippen LogP contribution in [-0.2, 0) is 4.79 Å². The van der Waals surface area contributed by atoms with Crippen LogP contribution in [0.1, 0.15) is 32.1 Å². The zero-order chi connectivity index (χ0) is 14.5. The minimum atomic E-state index is 0.470. The van der Waals surface area contributed by atoms with Gasteiger partial charge in [-0.3, -0.25) is 14.7 Å². The van der Waals surface area contributed by atoms with Crippen molar-refractivity contribution in [2.75, 3.05) is 37.6 Å². The molecule has 0 amide bonds. The highest BCUT2D eigenvalue weighted by Crippen LogP contribution is 2.25. The van der Waals surface area contributed by atoms with Crippen molar-refractivity contribution >= 4 is 11.5 Å². The molecule has 1 aliphatic heterocycles. The first-order valence-corrected chi connectivity index (χ1v) is 8.20. The minimum Gasteiger partial charge on any atom is -0.369 e. The predicted octanol–water partition coefficient (Wildman–Crippen LogP) is 2.35. The Morgan fingerprint density at radius 2 is 1.71 bits per heavy atom. The van der Waals surface area contributed by atoms with E-state index in [2.05, 4.69) is 26.9 Å². The highest BCUT2D eigenvalue weighted by atomic mass is 16.1. The number of hydrogen-bond acceptors (Lipinski definition) is 4. The number of Topliss-reactive ketones (excluding diaryl/α,β-unsaturated/α-hetero) is 1. The van der Waals surface area contributed by atoms with Crippen LogP contribution in [0.4, 0.5) is 5.69 Å². The molecule has 0 radical (unpaired) electrons. The topological polar surface area (TPSA) is 36.4 Å². The molecule has 0 atom stereocenters. The Hall–Kier alpha value is -1.42. The molecular weight excluding hydrogens is 262 g/mol. The van der Waals surface area contributed by atoms with E-state index < -0.39 is 0 Å². The molecule has 2 heterocycles. The van der Waals surface area contributed by atoms with E-state index in [-0.39, 0.29) is 0 Å². The maximum Gasteiger partial charge on any atom is 0.132 e. The number of carbonyl (C=O) groups is 1. The van der Waals surface area contributed by atoms with Gasteiger partial charge < -0.3 is 4.90 Å². The van der Waals surface area contributed by atoms with Crippen molar-refractivity contribution in [2.45, 2.75) is 32.1 Å². The maximum absolute atomic E-state index is 11.3. The van der Waals surface area contributed by atoms with Gasteiger partial charge in [0.2, 0.25) is 0 Å². The molecule has 4 heteroatoms. The quantitative estimate of drug-likeness (QED) is 0.852. The van der Waals surface area contributed by atoms with E-state index >= 15 is 0 Å². The lowest BCUT2D eigenvalue weighted by molar-refractivity contribution is -0.121. The van der Waals surface area contributed by atoms with Crippen LogP contribution < -0.4 is 4.90 Å². The van der Waals surface area contributed by atoms with Crippen LogP contribution in [0.15, 0.2) is 24.5 Å². The van der Waals surface area contributed by atoms with Crippen LogP contribution in [-0.4, -0.2) is 48.4 Å². The Balaban J connectivity index is 1.39. The summed E-state index contributed by atoms with van der Waals surface area (Å²) in [6.45, 7) is 5.70. The summed E-state index contributed by atoms with van der Waals surface area (Å²) >= 11 is 0. The van der Waals surface area contributed by atoms with Crippen molar-refractivity contribution in [1.82, 2.24) is 9.88 Å². The molecule has 2 aliphatic rings. The molecule has 21 heavy (non-hydrogen) atoms. The van der Waals surface area contributed by atoms with E-state index in [0.29, 0.717) is 5.78 Å². The number of aromatic nitrogens is 1. The SMILES string of the molecule is O=C1CCC(CCN2CCN(c3ccncc3)CC2)CC1. The summed E-state index contributed by atoms with van der Waals surface area (Å²) in [5.74, 6) is 1.25. The molecule has 2 fully saturated rings. The van der Waals surface area contributed by atoms with Crippen LogP contribution in [0.2, 0.25) is 0 Å². The van der Waals surface area contributed by atoms with Gasteiger partial charge in [-0.25, -0.2) is 0 Å². The van der Waals surface area contributed by atoms with Gasteiger partial charge in [-0.15, -0.1) is 0 Å². The number of anilines is 1. The average molecular weight is 287 g/mol. The number of rotatable bonds is 4. The van der Waals surface area contributed by atoms with Gasteiger partial charge in [0, 0.05) is 57.1 Å². The van der Waals surface area contributed by atoms with Crippen molar-refractivity contribution in [2.24, 2.45) is 5.92 Å². The Kier molecular flexibility index (Phi) is 4.86. The van der Waals surface area contributed by atoms with Crippen LogP contribution >= 0.6 is 0 Å². The lowest BCUT2D eigenvalue weighted by atomic mass is 9.86. The van der Waals surface area contributed by atoms with E-state index in [9.17, 15) is 4.79 Å². The van der Waals surface area contributed by atoms with Crippen LogP contribution in [0.25, 0.3) is 0 Å². The smallest absolute Gasteiger partial charge is 0.132 e. The fourth-order valence-electron chi connectivity index (χ4n) is 3.44. The van der Waals surface area contributed by atoms with Gasteiger partial charge in [-0.1, -0.05) is 0 Å². The van der Waals surface area contributed by atoms with Gasteiger partial charge in [-0.05, 0) is 43.9 Å². The van der Waals surface area contributed by atoms with Crippen LogP contribution in [0, 0.1) is 5.92 Å². The molecule has 0 spiro atoms. The van der Waals surface area contributed by atoms with E-state index in [0.717, 1.165) is 57.8 Å². The Morgan fingerprint density at radius 3 is 2.38 bits per heavy atom. The standard InChI is InChI=1S/C17H25N3O/c21-17-3-1-15(2-4-17)7-10-19-11-13-20(14-12-19)16-5-8-18-9-6-16/h5-6,8-9,15H,1-4,7,10-14H2. The minimum absolute atomic E-state index is 0.470. The first-order chi connectivity index (χ1) is 10.3. The predicted molar refractivity (Wildman–Crippen MR) is 84.5 cm³/mol. The van der Waals surface area contributed by atoms with Crippen molar-refractivity contribution in [3.63, 3.8) is 0 Å². The fourth-order valence-corrected chi connectivity index (χ4v) is 3.44. The number of hydrogen-bond donors (Lipinski definition) is 0. The monoisotopic (exact) mass is 287 g/mol. The van der Waals surface area contributed by atoms with Crippen molar-refractivity contribution < 1.29 is 4.79 Å². The van der Waals surface area contributed by atoms with Gasteiger partial charge in [-0.2, -0.15) is 0 Å². The Morgan fingerprint density at radius 1 is 1.05 bits per heavy atom. The fraction of sp³-hybridized carbons (Fsp3) is 0.647. The van der Waals surface area contributed by atoms with Crippen molar-refractivity contribution in [3.05, 3.63) is 24.5 Å². The maximum atomic E-state index is 11.3. The third-order valence-electron chi connectivity index (χ3n) is 4.92. The van der Waals surface area contributed by atoms with E-state index in [4.69, 9.17) is 0 Å². The van der Waals surface area contributed by atoms with Gasteiger partial charge in [0.25, 0.3) is 0 Å². The van der Waals surface area contributed by atoms with Crippen LogP contribution in [0.3, 0.4) is 0 Å². The van der Waals surface area contributed by atoms with E-state index in [1.54, 1.807) is 0 Å². The first-order valence-electron chi connectivity index (χ1n) is 8.20. The number of piperazine rings is 1. The molecular formula is C17H25N3O. The summed E-state index contributed by atoms with van der Waals surface area (Å²) in [5, 5.41) is 0. The third kappa shape index (κ3) is 4.03. The molecule has 1 aromatic rings. The third-order valence-corrected chi connectivity index (χ3v) is 4.92. The molecule has 1 aromatic heterocycles. The second-order valence-corrected chi connectivity index (χ2v) is 6.30. The first kappa shape index (κ1) is 14.5. The number of pyridine rings is 1. The van der Waals surface area contributed by atoms with E-state index in [1.165, 1.54) is 18.7 Å². The van der Waals surface area contributed by atoms with Crippen molar-refractivity contribution in [3.8, 4) is 0 Å². The van der Waals surface area contributed by atoms with Crippen LogP contribution in [0.5, 0.6) is 0 Å². The van der Waals surface area contributed by atoms with Gasteiger partial charge >= 0.3 is 0 Å². The Bertz CT molecular complexity index is 444. The second-order valence-electron chi connectivity index (χ2n) is 6.30. The molecule has 1 saturated carbocycles. The molecule has 0 unspecified atom stereocenters. The highest BCUT2D eigenvalue weighted by molar-refractivity contribution is 5.78. The number of ketones is 1. The Labute approximate surface area is 127 Å². The van der Waals surface area contributed by atoms with Gasteiger partial charge in [0.1, 0.15) is 5.78 Å². The molecule has 4 nitrogen and oxygen atoms in total. The molecule has 0 aromatic carbocycles. The lowest BCUT2D eigenvalue weighted by Crippen LogP contribution is -2.46. The molecule has 1 aliphatic carbocycles. The summed E-state index contributed by atoms with van der Waals surface area (Å²) in [7, 11) is 0. The molecule has 0 bridgehead atoms. The normalized spacial score (nSPS) is 21.7. The van der Waals surface area contributed by atoms with Gasteiger partial charge in [0.15, 0.2) is 0 Å². The van der Waals surface area contributed by atoms with Gasteiger partial charge in [0.05, 0.1) is 0 Å². The van der Waals surface area contributed by atoms with E-state index in [1.807, 2.05) is 12.4 Å². The largest absolute Gasteiger partial charge is 0.369 e. The molecule has 0 N–H and O–H groups in total. The summed E-state index contributed by atoms with van der Waals surface area (Å²) in [6.07, 6.45) is 8.88. The summed E-state index contributed by atoms with van der Waals surface area (Å²) < 4.78 is 0. The second kappa shape index (κ2) is 7.03. The van der Waals surface area contributed by atoms with Crippen molar-refractivity contribution in [1.29, 1.82) is 0 Å². The highest BCUT2D eigenvalue weighted by Gasteiger charge is 2.21. The number of carbonyl (C=O) groups excluding carboxylic acids is 1. The molecule has 1 saturated heterocycles. The number of nitrogens with zero attached hydrogens (tertiary/aromatic N) is 3. The zero-order valence-corrected chi connectivity index (χ0v) is 12.7. The zero-order valence-electron chi connectivity index (χ0n) is 12.7. The lowest BCUT2D eigenvalue weighted by Gasteiger charge is -2.36. The summed E-state index contributed by atoms with van der Waals surface area (Å²) in [4.78, 5) is 20.4. The summed E-state index contributed by atoms with van der Waals surface area (Å²) in [5.41, 5.74) is 1.29. The molecule has 114 valence electrons. The summed E-state index contributed by atoms with van der Waals surface area (Å²) in [6, 6.07) is 4.18. The molecule has 3 rings (SSSR count). The average Bonchev–Trinajstić information content (AvgIpc) is 2.56.